The first-order valence-corrected chi connectivity index (χ1v) is 10.6. The Labute approximate surface area is 161 Å². The average Bonchev–Trinajstić information content (AvgIpc) is 3.26. The summed E-state index contributed by atoms with van der Waals surface area (Å²) in [5.74, 6) is 2.09. The maximum Gasteiger partial charge on any atom is 0.139 e. The van der Waals surface area contributed by atoms with Crippen LogP contribution in [-0.4, -0.2) is 9.97 Å². The predicted octanol–water partition coefficient (Wildman–Crippen LogP) is 6.55. The lowest BCUT2D eigenvalue weighted by molar-refractivity contribution is 0.380. The molecule has 2 nitrogen and oxygen atoms in total. The van der Waals surface area contributed by atoms with Gasteiger partial charge in [0.05, 0.1) is 11.0 Å². The number of H-pyrrole nitrogens is 1. The Hall–Kier alpha value is -2.09. The van der Waals surface area contributed by atoms with E-state index in [9.17, 15) is 0 Å². The Bertz CT molecular complexity index is 1100. The molecule has 3 aromatic rings. The van der Waals surface area contributed by atoms with Crippen molar-refractivity contribution in [3.05, 3.63) is 52.6 Å². The van der Waals surface area contributed by atoms with Crippen molar-refractivity contribution in [1.29, 1.82) is 0 Å². The largest absolute Gasteiger partial charge is 0.338 e. The van der Waals surface area contributed by atoms with Crippen LogP contribution in [0.1, 0.15) is 87.5 Å². The van der Waals surface area contributed by atoms with Crippen molar-refractivity contribution >= 4 is 11.0 Å². The molecule has 0 saturated heterocycles. The van der Waals surface area contributed by atoms with E-state index in [1.54, 1.807) is 11.1 Å². The van der Waals surface area contributed by atoms with Crippen LogP contribution in [0.2, 0.25) is 0 Å². The number of rotatable bonds is 1. The van der Waals surface area contributed by atoms with Gasteiger partial charge in [0.2, 0.25) is 0 Å². The van der Waals surface area contributed by atoms with Gasteiger partial charge < -0.3 is 4.98 Å². The predicted molar refractivity (Wildman–Crippen MR) is 112 cm³/mol. The molecule has 1 saturated carbocycles. The van der Waals surface area contributed by atoms with E-state index in [1.165, 1.54) is 47.9 Å². The molecular weight excluding hydrogens is 328 g/mol. The lowest BCUT2D eigenvalue weighted by atomic mass is 9.71. The lowest BCUT2D eigenvalue weighted by Gasteiger charge is -2.33. The van der Waals surface area contributed by atoms with Crippen LogP contribution in [0, 0.1) is 0 Å². The molecule has 5 bridgehead atoms. The molecular formula is C25H28N2. The minimum Gasteiger partial charge on any atom is -0.338 e. The molecule has 3 atom stereocenters. The molecule has 0 radical (unpaired) electrons. The summed E-state index contributed by atoms with van der Waals surface area (Å²) in [7, 11) is 0. The maximum absolute atomic E-state index is 5.12. The molecule has 1 fully saturated rings. The zero-order valence-corrected chi connectivity index (χ0v) is 16.8. The third-order valence-corrected chi connectivity index (χ3v) is 7.94. The second-order valence-electron chi connectivity index (χ2n) is 10.1. The number of hydrogen-bond acceptors (Lipinski definition) is 1. The summed E-state index contributed by atoms with van der Waals surface area (Å²) in [6, 6.07) is 11.8. The van der Waals surface area contributed by atoms with Gasteiger partial charge in [-0.05, 0) is 82.7 Å². The Morgan fingerprint density at radius 2 is 2.00 bits per heavy atom. The summed E-state index contributed by atoms with van der Waals surface area (Å²) in [5.41, 5.74) is 10.5. The van der Waals surface area contributed by atoms with E-state index in [-0.39, 0.29) is 0 Å². The third-order valence-electron chi connectivity index (χ3n) is 7.94. The molecule has 0 amide bonds. The number of aromatic amines is 1. The molecule has 1 aliphatic heterocycles. The van der Waals surface area contributed by atoms with Crippen LogP contribution in [0.25, 0.3) is 22.4 Å². The Morgan fingerprint density at radius 3 is 2.81 bits per heavy atom. The van der Waals surface area contributed by atoms with Gasteiger partial charge in [0, 0.05) is 5.56 Å². The van der Waals surface area contributed by atoms with Gasteiger partial charge in [-0.25, -0.2) is 4.98 Å². The van der Waals surface area contributed by atoms with E-state index in [0.717, 1.165) is 11.3 Å². The molecule has 2 aromatic carbocycles. The second kappa shape index (κ2) is 4.84. The van der Waals surface area contributed by atoms with E-state index in [0.29, 0.717) is 22.7 Å². The fourth-order valence-corrected chi connectivity index (χ4v) is 6.75. The fourth-order valence-electron chi connectivity index (χ4n) is 6.75. The highest BCUT2D eigenvalue weighted by Crippen LogP contribution is 2.64. The summed E-state index contributed by atoms with van der Waals surface area (Å²) in [5, 5.41) is 0. The number of nitrogens with zero attached hydrogens (tertiary/aromatic N) is 1. The molecule has 2 heteroatoms. The highest BCUT2D eigenvalue weighted by atomic mass is 14.9. The molecule has 1 spiro atoms. The molecule has 27 heavy (non-hydrogen) atoms. The smallest absolute Gasteiger partial charge is 0.139 e. The second-order valence-corrected chi connectivity index (χ2v) is 10.1. The van der Waals surface area contributed by atoms with Gasteiger partial charge in [0.1, 0.15) is 5.82 Å². The first-order chi connectivity index (χ1) is 12.9. The van der Waals surface area contributed by atoms with E-state index >= 15 is 0 Å². The van der Waals surface area contributed by atoms with E-state index in [4.69, 9.17) is 4.98 Å². The van der Waals surface area contributed by atoms with Crippen LogP contribution >= 0.6 is 0 Å². The van der Waals surface area contributed by atoms with E-state index < -0.39 is 0 Å². The summed E-state index contributed by atoms with van der Waals surface area (Å²) in [6.07, 6.45) is 5.25. The van der Waals surface area contributed by atoms with Crippen molar-refractivity contribution in [2.45, 2.75) is 76.0 Å². The van der Waals surface area contributed by atoms with Crippen molar-refractivity contribution in [2.75, 3.05) is 0 Å². The maximum atomic E-state index is 5.12. The van der Waals surface area contributed by atoms with Crippen LogP contribution in [0.4, 0.5) is 0 Å². The lowest BCUT2D eigenvalue weighted by Crippen LogP contribution is -2.24. The highest BCUT2D eigenvalue weighted by molar-refractivity contribution is 5.84. The summed E-state index contributed by atoms with van der Waals surface area (Å²) < 4.78 is 0. The van der Waals surface area contributed by atoms with Crippen molar-refractivity contribution in [2.24, 2.45) is 0 Å². The molecule has 2 heterocycles. The molecule has 2 aliphatic carbocycles. The normalized spacial score (nSPS) is 30.6. The zero-order valence-electron chi connectivity index (χ0n) is 16.8. The summed E-state index contributed by atoms with van der Waals surface area (Å²) in [6.45, 7) is 9.52. The van der Waals surface area contributed by atoms with Crippen molar-refractivity contribution in [3.8, 4) is 11.4 Å². The number of fused-ring (bicyclic) bond motifs is 5. The topological polar surface area (TPSA) is 28.7 Å². The minimum absolute atomic E-state index is 0.351. The van der Waals surface area contributed by atoms with Crippen LogP contribution < -0.4 is 0 Å². The Balaban J connectivity index is 1.73. The Kier molecular flexibility index (Phi) is 2.85. The fraction of sp³-hybridized carbons (Fsp3) is 0.480. The van der Waals surface area contributed by atoms with Gasteiger partial charge in [-0.3, -0.25) is 0 Å². The molecule has 3 unspecified atom stereocenters. The molecule has 1 aromatic heterocycles. The van der Waals surface area contributed by atoms with Gasteiger partial charge in [-0.1, -0.05) is 45.9 Å². The van der Waals surface area contributed by atoms with Crippen molar-refractivity contribution in [1.82, 2.24) is 9.97 Å². The van der Waals surface area contributed by atoms with Gasteiger partial charge in [-0.15, -0.1) is 0 Å². The number of nitrogens with one attached hydrogen (secondary N) is 1. The Morgan fingerprint density at radius 1 is 1.15 bits per heavy atom. The van der Waals surface area contributed by atoms with Crippen molar-refractivity contribution < 1.29 is 0 Å². The van der Waals surface area contributed by atoms with E-state index in [1.807, 2.05) is 0 Å². The molecule has 138 valence electrons. The number of hydrogen-bond donors (Lipinski definition) is 1. The van der Waals surface area contributed by atoms with Crippen LogP contribution in [-0.2, 0) is 10.8 Å². The van der Waals surface area contributed by atoms with Gasteiger partial charge in [0.25, 0.3) is 0 Å². The number of benzene rings is 2. The first kappa shape index (κ1) is 15.9. The quantitative estimate of drug-likeness (QED) is 0.526. The highest BCUT2D eigenvalue weighted by Gasteiger charge is 2.56. The molecule has 6 rings (SSSR count). The average molecular weight is 357 g/mol. The summed E-state index contributed by atoms with van der Waals surface area (Å²) >= 11 is 0. The van der Waals surface area contributed by atoms with Crippen LogP contribution in [0.15, 0.2) is 30.3 Å². The van der Waals surface area contributed by atoms with E-state index in [2.05, 4.69) is 63.0 Å². The monoisotopic (exact) mass is 356 g/mol. The van der Waals surface area contributed by atoms with Gasteiger partial charge in [0.15, 0.2) is 0 Å². The van der Waals surface area contributed by atoms with Crippen LogP contribution in [0.3, 0.4) is 0 Å². The van der Waals surface area contributed by atoms with Gasteiger partial charge >= 0.3 is 0 Å². The minimum atomic E-state index is 0.351. The van der Waals surface area contributed by atoms with Crippen molar-refractivity contribution in [3.63, 3.8) is 0 Å². The number of aromatic nitrogens is 2. The first-order valence-electron chi connectivity index (χ1n) is 10.6. The number of imidazole rings is 1. The third kappa shape index (κ3) is 1.89. The van der Waals surface area contributed by atoms with Gasteiger partial charge in [-0.2, -0.15) is 0 Å². The van der Waals surface area contributed by atoms with Crippen LogP contribution in [0.5, 0.6) is 0 Å². The molecule has 3 aliphatic rings. The SMILES string of the molecule is CC(C)c1cccc2c1-c1nc3cc4c(cc3[nH]1)C1(CCC4(C)C1)CC2C. The zero-order chi connectivity index (χ0) is 18.6. The standard InChI is InChI=1S/C25H28N2/c1-14(2)16-6-5-7-17-15(3)12-25-9-8-24(4,13-25)18-10-20-21(11-19(18)25)27-23(26-20)22(16)17/h5-7,10-11,14-15H,8-9,12-13H2,1-4H3,(H,26,27). The summed E-state index contributed by atoms with van der Waals surface area (Å²) in [4.78, 5) is 8.83. The molecule has 1 N–H and O–H groups in total.